The molecule has 3 rings (SSSR count). The maximum absolute atomic E-state index is 12.3. The minimum absolute atomic E-state index is 0.328. The van der Waals surface area contributed by atoms with Crippen molar-refractivity contribution >= 4 is 5.91 Å². The fourth-order valence-corrected chi connectivity index (χ4v) is 4.17. The average molecular weight is 346 g/mol. The third-order valence-corrected chi connectivity index (χ3v) is 5.44. The topological polar surface area (TPSA) is 58.6 Å². The lowest BCUT2D eigenvalue weighted by atomic mass is 9.83. The number of piperidine rings is 2. The van der Waals surface area contributed by atoms with Gasteiger partial charge in [-0.1, -0.05) is 6.92 Å². The fraction of sp³-hybridized carbons (Fsp3) is 0.737. The summed E-state index contributed by atoms with van der Waals surface area (Å²) >= 11 is 0. The van der Waals surface area contributed by atoms with Crippen LogP contribution < -0.4 is 0 Å². The molecule has 138 valence electrons. The largest absolute Gasteiger partial charge is 0.385 e. The first-order valence-corrected chi connectivity index (χ1v) is 9.52. The number of methoxy groups -OCH3 is 1. The lowest BCUT2D eigenvalue weighted by Crippen LogP contribution is -2.56. The molecule has 0 unspecified atom stereocenters. The molecule has 0 N–H and O–H groups in total. The molecular formula is C19H30N4O2. The Balaban J connectivity index is 1.58. The highest BCUT2D eigenvalue weighted by molar-refractivity contribution is 5.77. The summed E-state index contributed by atoms with van der Waals surface area (Å²) in [6.45, 7) is 6.61. The molecule has 0 bridgehead atoms. The number of rotatable bonds is 7. The average Bonchev–Trinajstić information content (AvgIpc) is 2.64. The summed E-state index contributed by atoms with van der Waals surface area (Å²) in [6.07, 6.45) is 6.44. The summed E-state index contributed by atoms with van der Waals surface area (Å²) in [5, 5.41) is 0. The molecule has 2 aliphatic heterocycles. The van der Waals surface area contributed by atoms with Crippen LogP contribution in [0.4, 0.5) is 0 Å². The van der Waals surface area contributed by atoms with Gasteiger partial charge in [-0.25, -0.2) is 9.97 Å². The number of hydrogen-bond acceptors (Lipinski definition) is 5. The maximum atomic E-state index is 12.3. The highest BCUT2D eigenvalue weighted by atomic mass is 16.5. The number of amides is 1. The first-order chi connectivity index (χ1) is 12.2. The van der Waals surface area contributed by atoms with E-state index in [0.717, 1.165) is 70.0 Å². The van der Waals surface area contributed by atoms with Gasteiger partial charge in [-0.3, -0.25) is 9.69 Å². The number of ether oxygens (including phenoxy) is 1. The number of carbonyl (C=O) groups is 1. The molecule has 1 aromatic heterocycles. The maximum Gasteiger partial charge on any atom is 0.222 e. The summed E-state index contributed by atoms with van der Waals surface area (Å²) in [5.74, 6) is 1.83. The summed E-state index contributed by atoms with van der Waals surface area (Å²) in [4.78, 5) is 25.9. The second-order valence-corrected chi connectivity index (χ2v) is 7.14. The predicted octanol–water partition coefficient (Wildman–Crippen LogP) is 1.89. The monoisotopic (exact) mass is 346 g/mol. The minimum Gasteiger partial charge on any atom is -0.385 e. The van der Waals surface area contributed by atoms with Crippen molar-refractivity contribution in [1.29, 1.82) is 0 Å². The zero-order valence-electron chi connectivity index (χ0n) is 15.5. The van der Waals surface area contributed by atoms with E-state index in [1.807, 2.05) is 12.3 Å². The van der Waals surface area contributed by atoms with E-state index < -0.39 is 0 Å². The van der Waals surface area contributed by atoms with Crippen LogP contribution in [0.5, 0.6) is 0 Å². The van der Waals surface area contributed by atoms with Gasteiger partial charge >= 0.3 is 0 Å². The van der Waals surface area contributed by atoms with Gasteiger partial charge in [-0.05, 0) is 31.2 Å². The molecule has 0 radical (unpaired) electrons. The molecule has 6 heteroatoms. The first-order valence-electron chi connectivity index (χ1n) is 9.52. The van der Waals surface area contributed by atoms with Crippen LogP contribution >= 0.6 is 0 Å². The van der Waals surface area contributed by atoms with Crippen molar-refractivity contribution in [3.63, 3.8) is 0 Å². The Morgan fingerprint density at radius 1 is 1.36 bits per heavy atom. The first kappa shape index (κ1) is 18.3. The van der Waals surface area contributed by atoms with Crippen molar-refractivity contribution in [2.45, 2.75) is 51.6 Å². The van der Waals surface area contributed by atoms with Crippen LogP contribution in [0.2, 0.25) is 0 Å². The van der Waals surface area contributed by atoms with Crippen LogP contribution in [0.1, 0.15) is 44.1 Å². The molecular weight excluding hydrogens is 316 g/mol. The number of fused-ring (bicyclic) bond motifs is 1. The minimum atomic E-state index is 0.328. The number of hydrogen-bond donors (Lipinski definition) is 0. The van der Waals surface area contributed by atoms with Crippen LogP contribution in [0.15, 0.2) is 12.3 Å². The predicted molar refractivity (Wildman–Crippen MR) is 96.0 cm³/mol. The Labute approximate surface area is 150 Å². The molecule has 0 saturated carbocycles. The number of carbonyl (C=O) groups excluding carboxylic acids is 1. The molecule has 1 amide bonds. The smallest absolute Gasteiger partial charge is 0.222 e. The summed E-state index contributed by atoms with van der Waals surface area (Å²) in [6, 6.07) is 2.43. The summed E-state index contributed by atoms with van der Waals surface area (Å²) < 4.78 is 5.15. The lowest BCUT2D eigenvalue weighted by Gasteiger charge is -2.47. The van der Waals surface area contributed by atoms with Gasteiger partial charge in [0.15, 0.2) is 0 Å². The summed E-state index contributed by atoms with van der Waals surface area (Å²) in [5.41, 5.74) is 1.11. The van der Waals surface area contributed by atoms with Crippen molar-refractivity contribution in [1.82, 2.24) is 19.8 Å². The molecule has 6 nitrogen and oxygen atoms in total. The van der Waals surface area contributed by atoms with Gasteiger partial charge in [0.05, 0.1) is 5.69 Å². The van der Waals surface area contributed by atoms with Crippen LogP contribution in [0, 0.1) is 5.92 Å². The van der Waals surface area contributed by atoms with Crippen LogP contribution in [-0.4, -0.2) is 65.1 Å². The van der Waals surface area contributed by atoms with E-state index >= 15 is 0 Å². The molecule has 2 atom stereocenters. The third kappa shape index (κ3) is 4.55. The van der Waals surface area contributed by atoms with Crippen molar-refractivity contribution in [3.8, 4) is 0 Å². The highest BCUT2D eigenvalue weighted by Crippen LogP contribution is 2.31. The zero-order chi connectivity index (χ0) is 17.6. The molecule has 0 aliphatic carbocycles. The molecule has 1 aromatic rings. The molecule has 0 spiro atoms. The Morgan fingerprint density at radius 2 is 2.24 bits per heavy atom. The van der Waals surface area contributed by atoms with E-state index in [1.165, 1.54) is 0 Å². The number of likely N-dealkylation sites (tertiary alicyclic amines) is 2. The van der Waals surface area contributed by atoms with Crippen molar-refractivity contribution in [2.75, 3.05) is 33.4 Å². The van der Waals surface area contributed by atoms with E-state index in [4.69, 9.17) is 4.74 Å². The quantitative estimate of drug-likeness (QED) is 0.706. The zero-order valence-corrected chi connectivity index (χ0v) is 15.5. The standard InChI is InChI=1S/C19H30N4O2/c1-3-18-20-9-7-16(21-18)14-22-11-8-17-15(13-22)5-6-19(24)23(17)10-4-12-25-2/h7,9,15,17H,3-6,8,10-14H2,1-2H3/t15-,17+/m0/s1. The third-order valence-electron chi connectivity index (χ3n) is 5.44. The number of aryl methyl sites for hydroxylation is 1. The normalized spacial score (nSPS) is 24.4. The van der Waals surface area contributed by atoms with Gasteiger partial charge in [0.25, 0.3) is 0 Å². The van der Waals surface area contributed by atoms with Gasteiger partial charge in [-0.15, -0.1) is 0 Å². The van der Waals surface area contributed by atoms with Crippen LogP contribution in [0.25, 0.3) is 0 Å². The van der Waals surface area contributed by atoms with E-state index in [2.05, 4.69) is 26.7 Å². The van der Waals surface area contributed by atoms with Crippen molar-refractivity contribution in [3.05, 3.63) is 23.8 Å². The molecule has 2 fully saturated rings. The van der Waals surface area contributed by atoms with Crippen LogP contribution in [-0.2, 0) is 22.5 Å². The summed E-state index contributed by atoms with van der Waals surface area (Å²) in [7, 11) is 1.72. The van der Waals surface area contributed by atoms with E-state index in [0.29, 0.717) is 24.3 Å². The van der Waals surface area contributed by atoms with Gasteiger partial charge in [0, 0.05) is 65.0 Å². The fourth-order valence-electron chi connectivity index (χ4n) is 4.17. The van der Waals surface area contributed by atoms with E-state index in [9.17, 15) is 4.79 Å². The van der Waals surface area contributed by atoms with E-state index in [-0.39, 0.29) is 0 Å². The van der Waals surface area contributed by atoms with Gasteiger partial charge in [0.1, 0.15) is 5.82 Å². The molecule has 0 aromatic carbocycles. The number of nitrogens with zero attached hydrogens (tertiary/aromatic N) is 4. The van der Waals surface area contributed by atoms with Crippen LogP contribution in [0.3, 0.4) is 0 Å². The SMILES string of the molecule is CCc1nccc(CN2CC[C@@H]3[C@@H](CCC(=O)N3CCCOC)C2)n1. The Bertz CT molecular complexity index is 580. The lowest BCUT2D eigenvalue weighted by molar-refractivity contribution is -0.141. The van der Waals surface area contributed by atoms with Crippen molar-refractivity contribution < 1.29 is 9.53 Å². The van der Waals surface area contributed by atoms with Gasteiger partial charge in [0.2, 0.25) is 5.91 Å². The molecule has 2 aliphatic rings. The van der Waals surface area contributed by atoms with Gasteiger partial charge < -0.3 is 9.64 Å². The molecule has 2 saturated heterocycles. The van der Waals surface area contributed by atoms with Crippen molar-refractivity contribution in [2.24, 2.45) is 5.92 Å². The number of aromatic nitrogens is 2. The van der Waals surface area contributed by atoms with E-state index in [1.54, 1.807) is 7.11 Å². The Hall–Kier alpha value is -1.53. The second kappa shape index (κ2) is 8.72. The highest BCUT2D eigenvalue weighted by Gasteiger charge is 2.38. The Kier molecular flexibility index (Phi) is 6.37. The molecule has 3 heterocycles. The van der Waals surface area contributed by atoms with Gasteiger partial charge in [-0.2, -0.15) is 0 Å². The second-order valence-electron chi connectivity index (χ2n) is 7.14. The molecule has 25 heavy (non-hydrogen) atoms. The Morgan fingerprint density at radius 3 is 3.04 bits per heavy atom.